The van der Waals surface area contributed by atoms with Gasteiger partial charge >= 0.3 is 0 Å². The third-order valence-electron chi connectivity index (χ3n) is 3.66. The third kappa shape index (κ3) is 4.58. The van der Waals surface area contributed by atoms with Gasteiger partial charge in [0.1, 0.15) is 16.5 Å². The summed E-state index contributed by atoms with van der Waals surface area (Å²) >= 11 is 1.33. The van der Waals surface area contributed by atoms with Crippen LogP contribution in [0.1, 0.15) is 17.5 Å². The first kappa shape index (κ1) is 17.9. The van der Waals surface area contributed by atoms with Gasteiger partial charge in [-0.3, -0.25) is 10.1 Å². The van der Waals surface area contributed by atoms with Crippen LogP contribution in [0.2, 0.25) is 0 Å². The van der Waals surface area contributed by atoms with Gasteiger partial charge in [-0.2, -0.15) is 0 Å². The fraction of sp³-hybridized carbons (Fsp3) is 0.211. The maximum absolute atomic E-state index is 12.3. The third-order valence-corrected chi connectivity index (χ3v) is 4.50. The number of anilines is 1. The average Bonchev–Trinajstić information content (AvgIpc) is 3.09. The number of hydrogen-bond donors (Lipinski definition) is 1. The molecule has 0 saturated heterocycles. The maximum atomic E-state index is 12.3. The maximum Gasteiger partial charge on any atom is 0.266 e. The van der Waals surface area contributed by atoms with Crippen molar-refractivity contribution in [2.45, 2.75) is 19.4 Å². The molecule has 0 aliphatic rings. The number of rotatable bonds is 7. The highest BCUT2D eigenvalue weighted by Crippen LogP contribution is 2.24. The first-order valence-corrected chi connectivity index (χ1v) is 8.94. The average molecular weight is 369 g/mol. The highest BCUT2D eigenvalue weighted by atomic mass is 32.1. The van der Waals surface area contributed by atoms with Crippen LogP contribution in [0.3, 0.4) is 0 Å². The summed E-state index contributed by atoms with van der Waals surface area (Å²) in [6, 6.07) is 17.0. The molecule has 0 aliphatic carbocycles. The van der Waals surface area contributed by atoms with Crippen LogP contribution in [0.5, 0.6) is 11.5 Å². The lowest BCUT2D eigenvalue weighted by atomic mass is 10.1. The van der Waals surface area contributed by atoms with E-state index in [1.165, 1.54) is 11.3 Å². The number of methoxy groups -OCH3 is 1. The molecule has 134 valence electrons. The number of carbonyl (C=O) groups is 1. The van der Waals surface area contributed by atoms with Crippen molar-refractivity contribution >= 4 is 22.4 Å². The fourth-order valence-electron chi connectivity index (χ4n) is 2.35. The summed E-state index contributed by atoms with van der Waals surface area (Å²) in [6.07, 6.45) is -0.0490. The van der Waals surface area contributed by atoms with Gasteiger partial charge in [-0.25, -0.2) is 0 Å². The molecule has 3 aromatic rings. The van der Waals surface area contributed by atoms with E-state index in [4.69, 9.17) is 9.47 Å². The number of aromatic nitrogens is 2. The standard InChI is InChI=1S/C19H19N3O3S/c1-13(25-15-9-4-3-5-10-15)18(23)20-19-22-21-17(26-19)12-14-8-6-7-11-16(14)24-2/h3-11,13H,12H2,1-2H3,(H,20,22,23)/t13-/m1/s1. The number of ether oxygens (including phenoxy) is 2. The summed E-state index contributed by atoms with van der Waals surface area (Å²) in [5.74, 6) is 1.18. The monoisotopic (exact) mass is 369 g/mol. The minimum atomic E-state index is -0.640. The van der Waals surface area contributed by atoms with Gasteiger partial charge in [0, 0.05) is 12.0 Å². The summed E-state index contributed by atoms with van der Waals surface area (Å²) in [5.41, 5.74) is 1.02. The van der Waals surface area contributed by atoms with Crippen molar-refractivity contribution in [3.63, 3.8) is 0 Å². The molecule has 1 aromatic heterocycles. The number of para-hydroxylation sites is 2. The minimum absolute atomic E-state index is 0.270. The lowest BCUT2D eigenvalue weighted by molar-refractivity contribution is -0.122. The molecule has 0 aliphatic heterocycles. The van der Waals surface area contributed by atoms with E-state index >= 15 is 0 Å². The SMILES string of the molecule is COc1ccccc1Cc1nnc(NC(=O)[C@@H](C)Oc2ccccc2)s1. The molecule has 1 N–H and O–H groups in total. The van der Waals surface area contributed by atoms with E-state index in [1.807, 2.05) is 42.5 Å². The van der Waals surface area contributed by atoms with Crippen LogP contribution in [0.15, 0.2) is 54.6 Å². The molecule has 2 aromatic carbocycles. The molecule has 1 heterocycles. The van der Waals surface area contributed by atoms with Gasteiger partial charge in [-0.05, 0) is 25.1 Å². The molecule has 6 nitrogen and oxygen atoms in total. The second-order valence-corrected chi connectivity index (χ2v) is 6.61. The quantitative estimate of drug-likeness (QED) is 0.689. The number of carbonyl (C=O) groups excluding carboxylic acids is 1. The molecule has 3 rings (SSSR count). The van der Waals surface area contributed by atoms with Crippen molar-refractivity contribution in [3.8, 4) is 11.5 Å². The van der Waals surface area contributed by atoms with Crippen molar-refractivity contribution in [2.75, 3.05) is 12.4 Å². The normalized spacial score (nSPS) is 11.6. The van der Waals surface area contributed by atoms with Crippen molar-refractivity contribution in [2.24, 2.45) is 0 Å². The lowest BCUT2D eigenvalue weighted by Gasteiger charge is -2.13. The van der Waals surface area contributed by atoms with Gasteiger partial charge in [0.2, 0.25) is 5.13 Å². The summed E-state index contributed by atoms with van der Waals surface area (Å²) in [4.78, 5) is 12.3. The highest BCUT2D eigenvalue weighted by molar-refractivity contribution is 7.15. The molecule has 0 bridgehead atoms. The zero-order valence-corrected chi connectivity index (χ0v) is 15.3. The van der Waals surface area contributed by atoms with E-state index in [2.05, 4.69) is 15.5 Å². The second kappa shape index (κ2) is 8.44. The Morgan fingerprint density at radius 1 is 1.12 bits per heavy atom. The summed E-state index contributed by atoms with van der Waals surface area (Å²) < 4.78 is 11.0. The van der Waals surface area contributed by atoms with E-state index < -0.39 is 6.10 Å². The minimum Gasteiger partial charge on any atom is -0.496 e. The van der Waals surface area contributed by atoms with Gasteiger partial charge in [0.15, 0.2) is 6.10 Å². The molecular weight excluding hydrogens is 350 g/mol. The van der Waals surface area contributed by atoms with Crippen LogP contribution < -0.4 is 14.8 Å². The molecule has 1 atom stereocenters. The molecule has 1 amide bonds. The number of nitrogens with one attached hydrogen (secondary N) is 1. The van der Waals surface area contributed by atoms with Gasteiger partial charge < -0.3 is 9.47 Å². The zero-order valence-electron chi connectivity index (χ0n) is 14.5. The van der Waals surface area contributed by atoms with Crippen molar-refractivity contribution in [1.82, 2.24) is 10.2 Å². The van der Waals surface area contributed by atoms with E-state index in [1.54, 1.807) is 26.2 Å². The zero-order chi connectivity index (χ0) is 18.4. The number of hydrogen-bond acceptors (Lipinski definition) is 6. The topological polar surface area (TPSA) is 73.3 Å². The Morgan fingerprint density at radius 2 is 1.85 bits per heavy atom. The summed E-state index contributed by atoms with van der Waals surface area (Å²) in [5, 5.41) is 12.2. The van der Waals surface area contributed by atoms with E-state index in [-0.39, 0.29) is 5.91 Å². The Morgan fingerprint density at radius 3 is 2.62 bits per heavy atom. The van der Waals surface area contributed by atoms with Gasteiger partial charge in [0.25, 0.3) is 5.91 Å². The van der Waals surface area contributed by atoms with Crippen molar-refractivity contribution < 1.29 is 14.3 Å². The van der Waals surface area contributed by atoms with Crippen LogP contribution in [0.4, 0.5) is 5.13 Å². The van der Waals surface area contributed by atoms with Gasteiger partial charge in [0.05, 0.1) is 7.11 Å². The van der Waals surface area contributed by atoms with Gasteiger partial charge in [-0.1, -0.05) is 47.7 Å². The molecule has 0 radical (unpaired) electrons. The van der Waals surface area contributed by atoms with Crippen LogP contribution in [-0.2, 0) is 11.2 Å². The fourth-order valence-corrected chi connectivity index (χ4v) is 3.12. The Kier molecular flexibility index (Phi) is 5.80. The van der Waals surface area contributed by atoms with Crippen LogP contribution in [0, 0.1) is 0 Å². The van der Waals surface area contributed by atoms with E-state index in [9.17, 15) is 4.79 Å². The van der Waals surface area contributed by atoms with E-state index in [0.29, 0.717) is 17.3 Å². The van der Waals surface area contributed by atoms with Gasteiger partial charge in [-0.15, -0.1) is 10.2 Å². The first-order chi connectivity index (χ1) is 12.7. The molecule has 7 heteroatoms. The number of benzene rings is 2. The second-order valence-electron chi connectivity index (χ2n) is 5.55. The van der Waals surface area contributed by atoms with Crippen LogP contribution in [-0.4, -0.2) is 29.3 Å². The van der Waals surface area contributed by atoms with E-state index in [0.717, 1.165) is 16.3 Å². The Bertz CT molecular complexity index is 867. The van der Waals surface area contributed by atoms with Crippen molar-refractivity contribution in [1.29, 1.82) is 0 Å². The van der Waals surface area contributed by atoms with Crippen LogP contribution >= 0.6 is 11.3 Å². The first-order valence-electron chi connectivity index (χ1n) is 8.12. The lowest BCUT2D eigenvalue weighted by Crippen LogP contribution is -2.30. The molecule has 0 saturated carbocycles. The molecule has 0 fully saturated rings. The molecule has 0 unspecified atom stereocenters. The Labute approximate surface area is 155 Å². The molecule has 0 spiro atoms. The summed E-state index contributed by atoms with van der Waals surface area (Å²) in [6.45, 7) is 1.69. The van der Waals surface area contributed by atoms with Crippen LogP contribution in [0.25, 0.3) is 0 Å². The Hall–Kier alpha value is -2.93. The largest absolute Gasteiger partial charge is 0.496 e. The predicted molar refractivity (Wildman–Crippen MR) is 101 cm³/mol. The number of nitrogens with zero attached hydrogens (tertiary/aromatic N) is 2. The molecule has 26 heavy (non-hydrogen) atoms. The summed E-state index contributed by atoms with van der Waals surface area (Å²) in [7, 11) is 1.64. The number of amides is 1. The molecular formula is C19H19N3O3S. The predicted octanol–water partition coefficient (Wildman–Crippen LogP) is 3.54. The Balaban J connectivity index is 1.60. The highest BCUT2D eigenvalue weighted by Gasteiger charge is 2.17. The smallest absolute Gasteiger partial charge is 0.266 e. The van der Waals surface area contributed by atoms with Crippen molar-refractivity contribution in [3.05, 3.63) is 65.2 Å².